The summed E-state index contributed by atoms with van der Waals surface area (Å²) in [6, 6.07) is 0. The molecule has 6 nitrogen and oxygen atoms in total. The van der Waals surface area contributed by atoms with Crippen LogP contribution in [0.1, 0.15) is 0 Å². The van der Waals surface area contributed by atoms with E-state index in [1.54, 1.807) is 0 Å². The quantitative estimate of drug-likeness (QED) is 0.525. The van der Waals surface area contributed by atoms with Gasteiger partial charge in [0.1, 0.15) is 0 Å². The molecule has 0 unspecified atom stereocenters. The standard InChI is InChI=1S/C5H9N3O3S/c6-4-7-8(5(11)12-4)1-3(10)2-9/h3,9-10H,1-2H2,(H2,6,7)/t3-/m1/s1. The van der Waals surface area contributed by atoms with E-state index in [-0.39, 0.29) is 16.5 Å². The van der Waals surface area contributed by atoms with Gasteiger partial charge in [-0.05, 0) is 11.3 Å². The molecule has 0 aliphatic carbocycles. The Labute approximate surface area is 71.9 Å². The molecule has 1 atom stereocenters. The van der Waals surface area contributed by atoms with E-state index in [2.05, 4.69) is 5.10 Å². The fourth-order valence-corrected chi connectivity index (χ4v) is 1.23. The highest BCUT2D eigenvalue weighted by atomic mass is 32.1. The minimum atomic E-state index is -0.968. The topological polar surface area (TPSA) is 101 Å². The van der Waals surface area contributed by atoms with E-state index in [9.17, 15) is 4.79 Å². The first-order valence-electron chi connectivity index (χ1n) is 3.26. The third-order valence-electron chi connectivity index (χ3n) is 1.22. The van der Waals surface area contributed by atoms with Crippen LogP contribution in [0, 0.1) is 0 Å². The van der Waals surface area contributed by atoms with Crippen LogP contribution in [0.15, 0.2) is 4.79 Å². The fraction of sp³-hybridized carbons (Fsp3) is 0.600. The Kier molecular flexibility index (Phi) is 2.79. The number of aliphatic hydroxyl groups is 2. The average Bonchev–Trinajstić information content (AvgIpc) is 2.30. The normalized spacial score (nSPS) is 13.2. The maximum Gasteiger partial charge on any atom is 0.326 e. The molecule has 0 fully saturated rings. The Morgan fingerprint density at radius 1 is 1.75 bits per heavy atom. The fourth-order valence-electron chi connectivity index (χ4n) is 0.695. The Morgan fingerprint density at radius 2 is 2.42 bits per heavy atom. The number of hydrogen-bond donors (Lipinski definition) is 3. The molecule has 0 amide bonds. The SMILES string of the molecule is Nc1nn(C[C@@H](O)CO)c(=O)s1. The number of aliphatic hydroxyl groups excluding tert-OH is 2. The predicted molar refractivity (Wildman–Crippen MR) is 43.9 cm³/mol. The molecule has 4 N–H and O–H groups in total. The van der Waals surface area contributed by atoms with Gasteiger partial charge in [-0.3, -0.25) is 4.79 Å². The molecule has 0 saturated heterocycles. The van der Waals surface area contributed by atoms with Crippen molar-refractivity contribution in [3.8, 4) is 0 Å². The van der Waals surface area contributed by atoms with Crippen molar-refractivity contribution < 1.29 is 10.2 Å². The molecule has 0 bridgehead atoms. The summed E-state index contributed by atoms with van der Waals surface area (Å²) in [5.41, 5.74) is 5.24. The molecule has 1 heterocycles. The summed E-state index contributed by atoms with van der Waals surface area (Å²) in [7, 11) is 0. The highest BCUT2D eigenvalue weighted by molar-refractivity contribution is 7.12. The van der Waals surface area contributed by atoms with Crippen molar-refractivity contribution in [2.45, 2.75) is 12.6 Å². The Bertz CT molecular complexity index is 307. The van der Waals surface area contributed by atoms with Gasteiger partial charge in [-0.1, -0.05) is 0 Å². The van der Waals surface area contributed by atoms with Gasteiger partial charge >= 0.3 is 4.87 Å². The molecule has 12 heavy (non-hydrogen) atoms. The Morgan fingerprint density at radius 3 is 2.83 bits per heavy atom. The lowest BCUT2D eigenvalue weighted by atomic mass is 10.4. The number of aromatic nitrogens is 2. The largest absolute Gasteiger partial charge is 0.394 e. The van der Waals surface area contributed by atoms with E-state index in [1.807, 2.05) is 0 Å². The summed E-state index contributed by atoms with van der Waals surface area (Å²) >= 11 is 0.803. The zero-order valence-electron chi connectivity index (χ0n) is 6.17. The third kappa shape index (κ3) is 2.03. The summed E-state index contributed by atoms with van der Waals surface area (Å²) in [6.07, 6.45) is -0.968. The van der Waals surface area contributed by atoms with Gasteiger partial charge in [0.05, 0.1) is 19.3 Å². The van der Waals surface area contributed by atoms with E-state index in [0.29, 0.717) is 0 Å². The summed E-state index contributed by atoms with van der Waals surface area (Å²) in [5.74, 6) is 0. The van der Waals surface area contributed by atoms with E-state index >= 15 is 0 Å². The lowest BCUT2D eigenvalue weighted by Gasteiger charge is -2.04. The monoisotopic (exact) mass is 191 g/mol. The van der Waals surface area contributed by atoms with Crippen molar-refractivity contribution in [3.05, 3.63) is 9.67 Å². The number of nitrogens with zero attached hydrogens (tertiary/aromatic N) is 2. The van der Waals surface area contributed by atoms with Gasteiger partial charge in [0.15, 0.2) is 0 Å². The van der Waals surface area contributed by atoms with Crippen molar-refractivity contribution >= 4 is 16.5 Å². The van der Waals surface area contributed by atoms with Crippen LogP contribution in [0.2, 0.25) is 0 Å². The van der Waals surface area contributed by atoms with E-state index in [1.165, 1.54) is 0 Å². The van der Waals surface area contributed by atoms with Crippen LogP contribution >= 0.6 is 11.3 Å². The average molecular weight is 191 g/mol. The second kappa shape index (κ2) is 3.65. The van der Waals surface area contributed by atoms with Crippen LogP contribution in [-0.2, 0) is 6.54 Å². The molecule has 0 aliphatic rings. The molecular weight excluding hydrogens is 182 g/mol. The summed E-state index contributed by atoms with van der Waals surface area (Å²) in [4.78, 5) is 10.6. The first kappa shape index (κ1) is 9.17. The van der Waals surface area contributed by atoms with Crippen molar-refractivity contribution in [1.29, 1.82) is 0 Å². The maximum absolute atomic E-state index is 10.9. The summed E-state index contributed by atoms with van der Waals surface area (Å²) in [5, 5.41) is 21.2. The highest BCUT2D eigenvalue weighted by Crippen LogP contribution is 1.99. The number of anilines is 1. The van der Waals surface area contributed by atoms with Gasteiger partial charge < -0.3 is 15.9 Å². The van der Waals surface area contributed by atoms with Crippen LogP contribution in [0.4, 0.5) is 5.13 Å². The minimum absolute atomic E-state index is 0.0248. The van der Waals surface area contributed by atoms with Crippen molar-refractivity contribution in [2.75, 3.05) is 12.3 Å². The lowest BCUT2D eigenvalue weighted by molar-refractivity contribution is 0.0777. The van der Waals surface area contributed by atoms with E-state index in [0.717, 1.165) is 16.0 Å². The van der Waals surface area contributed by atoms with Crippen LogP contribution in [-0.4, -0.2) is 32.7 Å². The molecule has 0 spiro atoms. The third-order valence-corrected chi connectivity index (χ3v) is 1.89. The zero-order chi connectivity index (χ0) is 9.14. The molecule has 1 aromatic rings. The smallest absolute Gasteiger partial charge is 0.326 e. The van der Waals surface area contributed by atoms with Crippen LogP contribution in [0.3, 0.4) is 0 Å². The first-order chi connectivity index (χ1) is 5.63. The second-order valence-electron chi connectivity index (χ2n) is 2.22. The van der Waals surface area contributed by atoms with Gasteiger partial charge in [-0.15, -0.1) is 5.10 Å². The number of nitrogens with two attached hydrogens (primary N) is 1. The van der Waals surface area contributed by atoms with Crippen LogP contribution < -0.4 is 10.6 Å². The first-order valence-corrected chi connectivity index (χ1v) is 4.07. The molecule has 1 aromatic heterocycles. The molecule has 7 heteroatoms. The highest BCUT2D eigenvalue weighted by Gasteiger charge is 2.08. The molecule has 0 aromatic carbocycles. The number of hydrogen-bond acceptors (Lipinski definition) is 6. The maximum atomic E-state index is 10.9. The van der Waals surface area contributed by atoms with Crippen molar-refractivity contribution in [3.63, 3.8) is 0 Å². The number of nitrogen functional groups attached to an aromatic ring is 1. The molecule has 68 valence electrons. The Hall–Kier alpha value is -0.920. The molecular formula is C5H9N3O3S. The molecule has 0 radical (unpaired) electrons. The summed E-state index contributed by atoms with van der Waals surface area (Å²) in [6.45, 7) is -0.424. The second-order valence-corrected chi connectivity index (χ2v) is 3.20. The van der Waals surface area contributed by atoms with Crippen molar-refractivity contribution in [1.82, 2.24) is 9.78 Å². The van der Waals surface area contributed by atoms with Crippen LogP contribution in [0.25, 0.3) is 0 Å². The van der Waals surface area contributed by atoms with Gasteiger partial charge in [-0.25, -0.2) is 4.68 Å². The van der Waals surface area contributed by atoms with Gasteiger partial charge in [0.2, 0.25) is 5.13 Å². The van der Waals surface area contributed by atoms with Gasteiger partial charge in [-0.2, -0.15) is 0 Å². The van der Waals surface area contributed by atoms with Gasteiger partial charge in [0, 0.05) is 0 Å². The van der Waals surface area contributed by atoms with Crippen molar-refractivity contribution in [2.24, 2.45) is 0 Å². The lowest BCUT2D eigenvalue weighted by Crippen LogP contribution is -2.26. The Balaban J connectivity index is 2.75. The molecule has 1 rings (SSSR count). The molecule has 0 aliphatic heterocycles. The van der Waals surface area contributed by atoms with E-state index in [4.69, 9.17) is 15.9 Å². The minimum Gasteiger partial charge on any atom is -0.394 e. The van der Waals surface area contributed by atoms with Gasteiger partial charge in [0.25, 0.3) is 0 Å². The summed E-state index contributed by atoms with van der Waals surface area (Å²) < 4.78 is 1.03. The van der Waals surface area contributed by atoms with E-state index < -0.39 is 12.7 Å². The predicted octanol–water partition coefficient (Wildman–Crippen LogP) is -1.76. The number of rotatable bonds is 3. The zero-order valence-corrected chi connectivity index (χ0v) is 6.99. The van der Waals surface area contributed by atoms with Crippen LogP contribution in [0.5, 0.6) is 0 Å². The molecule has 0 saturated carbocycles.